The number of nitrogens with one attached hydrogen (secondary N) is 3. The van der Waals surface area contributed by atoms with E-state index in [9.17, 15) is 4.79 Å². The van der Waals surface area contributed by atoms with E-state index in [2.05, 4.69) is 20.5 Å². The number of H-pyrrole nitrogens is 2. The second-order valence-electron chi connectivity index (χ2n) is 6.93. The third kappa shape index (κ3) is 3.10. The molecule has 3 N–H and O–H groups in total. The van der Waals surface area contributed by atoms with E-state index in [4.69, 9.17) is 9.72 Å². The lowest BCUT2D eigenvalue weighted by Gasteiger charge is -2.12. The molecule has 142 valence electrons. The lowest BCUT2D eigenvalue weighted by Crippen LogP contribution is -2.21. The van der Waals surface area contributed by atoms with E-state index in [0.717, 1.165) is 28.3 Å². The molecule has 2 atom stereocenters. The zero-order valence-corrected chi connectivity index (χ0v) is 16.0. The first-order valence-electron chi connectivity index (χ1n) is 9.16. The van der Waals surface area contributed by atoms with Gasteiger partial charge in [0.2, 0.25) is 0 Å². The van der Waals surface area contributed by atoms with Crippen molar-refractivity contribution < 1.29 is 4.74 Å². The summed E-state index contributed by atoms with van der Waals surface area (Å²) in [6.07, 6.45) is 2.57. The van der Waals surface area contributed by atoms with Crippen LogP contribution in [0.3, 0.4) is 0 Å². The molecule has 28 heavy (non-hydrogen) atoms. The van der Waals surface area contributed by atoms with E-state index in [1.54, 1.807) is 6.20 Å². The van der Waals surface area contributed by atoms with Crippen LogP contribution in [-0.2, 0) is 0 Å². The Hall–Kier alpha value is -2.97. The molecule has 0 saturated carbocycles. The molecule has 0 amide bonds. The number of para-hydroxylation sites is 1. The molecule has 7 nitrogen and oxygen atoms in total. The van der Waals surface area contributed by atoms with Crippen molar-refractivity contribution in [3.63, 3.8) is 0 Å². The zero-order valence-electron chi connectivity index (χ0n) is 15.2. The summed E-state index contributed by atoms with van der Waals surface area (Å²) < 4.78 is 6.65. The highest BCUT2D eigenvalue weighted by Gasteiger charge is 2.29. The second kappa shape index (κ2) is 6.88. The molecule has 8 heteroatoms. The van der Waals surface area contributed by atoms with Gasteiger partial charge in [-0.25, -0.2) is 4.98 Å². The Morgan fingerprint density at radius 3 is 2.89 bits per heavy atom. The van der Waals surface area contributed by atoms with Gasteiger partial charge in [0.25, 0.3) is 5.56 Å². The minimum atomic E-state index is -0.105. The third-order valence-corrected chi connectivity index (χ3v) is 6.12. The van der Waals surface area contributed by atoms with Gasteiger partial charge in [0.15, 0.2) is 0 Å². The standard InChI is InChI=1S/C20H19N5O2S/c1-11-14(10-22-25-11)17-8-15-18(28-17)20(26)24-19(23-15)16-7-13(9-21-16)27-12-5-3-2-4-6-12/h2-6,8,10,13,16,21H,7,9H2,1H3,(H,22,25)(H,23,24,26)/t13-,16+/m1/s1. The summed E-state index contributed by atoms with van der Waals surface area (Å²) in [7, 11) is 0. The molecule has 1 fully saturated rings. The van der Waals surface area contributed by atoms with Crippen molar-refractivity contribution in [3.8, 4) is 16.2 Å². The normalized spacial score (nSPS) is 19.3. The maximum absolute atomic E-state index is 12.6. The van der Waals surface area contributed by atoms with Crippen molar-refractivity contribution in [2.45, 2.75) is 25.5 Å². The van der Waals surface area contributed by atoms with Crippen LogP contribution in [0.5, 0.6) is 5.75 Å². The summed E-state index contributed by atoms with van der Waals surface area (Å²) in [5.41, 5.74) is 2.58. The molecular formula is C20H19N5O2S. The first-order valence-corrected chi connectivity index (χ1v) is 9.98. The average Bonchev–Trinajstić information content (AvgIpc) is 3.42. The highest BCUT2D eigenvalue weighted by molar-refractivity contribution is 7.22. The lowest BCUT2D eigenvalue weighted by molar-refractivity contribution is 0.219. The second-order valence-corrected chi connectivity index (χ2v) is 7.99. The first kappa shape index (κ1) is 17.2. The largest absolute Gasteiger partial charge is 0.489 e. The fourth-order valence-electron chi connectivity index (χ4n) is 3.55. The van der Waals surface area contributed by atoms with Crippen LogP contribution in [0.1, 0.15) is 24.0 Å². The summed E-state index contributed by atoms with van der Waals surface area (Å²) in [5.74, 6) is 1.51. The molecule has 0 bridgehead atoms. The molecule has 4 aromatic rings. The Morgan fingerprint density at radius 1 is 1.25 bits per heavy atom. The summed E-state index contributed by atoms with van der Waals surface area (Å²) in [4.78, 5) is 21.3. The van der Waals surface area contributed by atoms with Crippen molar-refractivity contribution in [1.29, 1.82) is 0 Å². The molecular weight excluding hydrogens is 374 g/mol. The lowest BCUT2D eigenvalue weighted by atomic mass is 10.2. The van der Waals surface area contributed by atoms with Crippen LogP contribution in [0.2, 0.25) is 0 Å². The molecule has 0 aliphatic carbocycles. The summed E-state index contributed by atoms with van der Waals surface area (Å²) in [5, 5.41) is 10.4. The minimum absolute atomic E-state index is 0.0372. The predicted octanol–water partition coefficient (Wildman–Crippen LogP) is 3.17. The van der Waals surface area contributed by atoms with Crippen LogP contribution < -0.4 is 15.6 Å². The van der Waals surface area contributed by atoms with Gasteiger partial charge >= 0.3 is 0 Å². The number of thiophene rings is 1. The maximum Gasteiger partial charge on any atom is 0.268 e. The number of rotatable bonds is 4. The smallest absolute Gasteiger partial charge is 0.268 e. The number of ether oxygens (including phenoxy) is 1. The van der Waals surface area contributed by atoms with E-state index in [1.807, 2.05) is 43.3 Å². The Bertz CT molecular complexity index is 1180. The number of hydrogen-bond acceptors (Lipinski definition) is 6. The van der Waals surface area contributed by atoms with Crippen LogP contribution in [-0.4, -0.2) is 32.8 Å². The van der Waals surface area contributed by atoms with Crippen molar-refractivity contribution in [1.82, 2.24) is 25.5 Å². The van der Waals surface area contributed by atoms with E-state index < -0.39 is 0 Å². The molecule has 1 aliphatic heterocycles. The van der Waals surface area contributed by atoms with Crippen LogP contribution in [0.4, 0.5) is 0 Å². The van der Waals surface area contributed by atoms with Gasteiger partial charge in [0.05, 0.1) is 17.8 Å². The van der Waals surface area contributed by atoms with Crippen LogP contribution >= 0.6 is 11.3 Å². The molecule has 5 rings (SSSR count). The molecule has 1 aromatic carbocycles. The van der Waals surface area contributed by atoms with Gasteiger partial charge in [0.1, 0.15) is 22.4 Å². The quantitative estimate of drug-likeness (QED) is 0.495. The van der Waals surface area contributed by atoms with E-state index >= 15 is 0 Å². The molecule has 1 aliphatic rings. The number of aryl methyl sites for hydroxylation is 1. The SMILES string of the molecule is Cc1[nH]ncc1-c1cc2nc([C@@H]3C[C@@H](Oc4ccccc4)CN3)[nH]c(=O)c2s1. The number of benzene rings is 1. The van der Waals surface area contributed by atoms with Crippen LogP contribution in [0.25, 0.3) is 20.7 Å². The Morgan fingerprint density at radius 2 is 2.11 bits per heavy atom. The molecule has 0 unspecified atom stereocenters. The average molecular weight is 393 g/mol. The first-order chi connectivity index (χ1) is 13.7. The molecule has 0 spiro atoms. The van der Waals surface area contributed by atoms with Gasteiger partial charge in [-0.2, -0.15) is 5.10 Å². The topological polar surface area (TPSA) is 95.7 Å². The van der Waals surface area contributed by atoms with Gasteiger partial charge in [-0.15, -0.1) is 11.3 Å². The summed E-state index contributed by atoms with van der Waals surface area (Å²) >= 11 is 1.44. The third-order valence-electron chi connectivity index (χ3n) is 4.96. The Balaban J connectivity index is 1.41. The summed E-state index contributed by atoms with van der Waals surface area (Å²) in [6.45, 7) is 2.68. The van der Waals surface area contributed by atoms with Crippen molar-refractivity contribution in [3.05, 3.63) is 64.5 Å². The van der Waals surface area contributed by atoms with Crippen molar-refractivity contribution in [2.24, 2.45) is 0 Å². The number of fused-ring (bicyclic) bond motifs is 1. The predicted molar refractivity (Wildman–Crippen MR) is 109 cm³/mol. The number of aromatic nitrogens is 4. The fourth-order valence-corrected chi connectivity index (χ4v) is 4.61. The van der Waals surface area contributed by atoms with Crippen molar-refractivity contribution >= 4 is 21.6 Å². The maximum atomic E-state index is 12.6. The van der Waals surface area contributed by atoms with Gasteiger partial charge < -0.3 is 15.0 Å². The highest BCUT2D eigenvalue weighted by Crippen LogP contribution is 2.33. The van der Waals surface area contributed by atoms with Crippen molar-refractivity contribution in [2.75, 3.05) is 6.54 Å². The number of nitrogens with zero attached hydrogens (tertiary/aromatic N) is 2. The highest BCUT2D eigenvalue weighted by atomic mass is 32.1. The number of hydrogen-bond donors (Lipinski definition) is 3. The monoisotopic (exact) mass is 393 g/mol. The minimum Gasteiger partial charge on any atom is -0.489 e. The fraction of sp³-hybridized carbons (Fsp3) is 0.250. The molecule has 0 radical (unpaired) electrons. The van der Waals surface area contributed by atoms with E-state index in [0.29, 0.717) is 22.6 Å². The zero-order chi connectivity index (χ0) is 19.1. The van der Waals surface area contributed by atoms with Gasteiger partial charge in [-0.3, -0.25) is 9.89 Å². The number of aromatic amines is 2. The van der Waals surface area contributed by atoms with E-state index in [-0.39, 0.29) is 17.7 Å². The van der Waals surface area contributed by atoms with Crippen LogP contribution in [0, 0.1) is 6.92 Å². The summed E-state index contributed by atoms with van der Waals surface area (Å²) in [6, 6.07) is 11.7. The van der Waals surface area contributed by atoms with E-state index in [1.165, 1.54) is 11.3 Å². The molecule has 1 saturated heterocycles. The van der Waals surface area contributed by atoms with Gasteiger partial charge in [0, 0.05) is 29.1 Å². The molecule has 3 aromatic heterocycles. The van der Waals surface area contributed by atoms with Gasteiger partial charge in [-0.05, 0) is 25.1 Å². The van der Waals surface area contributed by atoms with Crippen LogP contribution in [0.15, 0.2) is 47.4 Å². The van der Waals surface area contributed by atoms with Gasteiger partial charge in [-0.1, -0.05) is 18.2 Å². The Kier molecular flexibility index (Phi) is 4.22. The Labute approximate surface area is 164 Å². The molecule has 4 heterocycles.